The molecule has 0 aromatic heterocycles. The van der Waals surface area contributed by atoms with Crippen molar-refractivity contribution in [3.05, 3.63) is 31.8 Å². The van der Waals surface area contributed by atoms with Crippen LogP contribution in [0.3, 0.4) is 0 Å². The van der Waals surface area contributed by atoms with E-state index in [2.05, 4.69) is 31.9 Å². The van der Waals surface area contributed by atoms with E-state index in [9.17, 15) is 14.9 Å². The number of benzene rings is 1. The van der Waals surface area contributed by atoms with Crippen LogP contribution < -0.4 is 4.74 Å². The fourth-order valence-corrected chi connectivity index (χ4v) is 2.62. The first kappa shape index (κ1) is 16.6. The molecule has 106 valence electrons. The molecule has 8 heteroatoms. The molecule has 0 amide bonds. The molecule has 0 aliphatic heterocycles. The van der Waals surface area contributed by atoms with Gasteiger partial charge in [0.2, 0.25) is 0 Å². The van der Waals surface area contributed by atoms with E-state index in [0.29, 0.717) is 15.8 Å². The minimum Gasteiger partial charge on any atom is -0.495 e. The highest BCUT2D eigenvalue weighted by molar-refractivity contribution is 9.10. The van der Waals surface area contributed by atoms with Crippen LogP contribution in [0.5, 0.6) is 5.75 Å². The van der Waals surface area contributed by atoms with E-state index in [1.54, 1.807) is 0 Å². The number of carbonyl (C=O) groups excluding carboxylic acids is 1. The lowest BCUT2D eigenvalue weighted by Gasteiger charge is -2.14. The third-order valence-corrected chi connectivity index (χ3v) is 3.82. The number of carbonyl (C=O) groups is 1. The van der Waals surface area contributed by atoms with Crippen LogP contribution in [0, 0.1) is 21.4 Å². The van der Waals surface area contributed by atoms with Crippen molar-refractivity contribution in [1.82, 2.24) is 0 Å². The van der Waals surface area contributed by atoms with Gasteiger partial charge in [0.25, 0.3) is 5.69 Å². The first-order valence-electron chi connectivity index (χ1n) is 5.43. The molecule has 0 aliphatic rings. The second-order valence-corrected chi connectivity index (χ2v) is 5.22. The Hall–Kier alpha value is -1.46. The number of Topliss-reactive ketones (excluding diaryl/α,β-unsaturated/α-hetero) is 1. The summed E-state index contributed by atoms with van der Waals surface area (Å²) in [7, 11) is 1.41. The van der Waals surface area contributed by atoms with Crippen molar-refractivity contribution in [1.29, 1.82) is 5.26 Å². The molecule has 0 bridgehead atoms. The molecule has 0 aliphatic carbocycles. The molecule has 0 fully saturated rings. The number of ketones is 1. The number of nitro benzene ring substituents is 1. The van der Waals surface area contributed by atoms with Gasteiger partial charge >= 0.3 is 0 Å². The fourth-order valence-electron chi connectivity index (χ4n) is 1.80. The molecule has 0 saturated carbocycles. The van der Waals surface area contributed by atoms with E-state index in [0.717, 1.165) is 0 Å². The number of methoxy groups -OCH3 is 1. The van der Waals surface area contributed by atoms with Gasteiger partial charge in [0.05, 0.1) is 39.9 Å². The maximum Gasteiger partial charge on any atom is 0.275 e. The van der Waals surface area contributed by atoms with Gasteiger partial charge in [-0.2, -0.15) is 5.26 Å². The number of nitriles is 1. The topological polar surface area (TPSA) is 93.2 Å². The summed E-state index contributed by atoms with van der Waals surface area (Å²) < 4.78 is 5.58. The van der Waals surface area contributed by atoms with Crippen LogP contribution in [-0.4, -0.2) is 23.1 Å². The summed E-state index contributed by atoms with van der Waals surface area (Å²) in [6.07, 6.45) is -0.198. The Bertz CT molecular complexity index is 596. The summed E-state index contributed by atoms with van der Waals surface area (Å²) in [6.45, 7) is 0. The van der Waals surface area contributed by atoms with Gasteiger partial charge in [-0.25, -0.2) is 0 Å². The Morgan fingerprint density at radius 3 is 2.65 bits per heavy atom. The van der Waals surface area contributed by atoms with Gasteiger partial charge in [-0.15, -0.1) is 0 Å². The van der Waals surface area contributed by atoms with E-state index >= 15 is 0 Å². The van der Waals surface area contributed by atoms with E-state index in [1.165, 1.54) is 13.2 Å². The van der Waals surface area contributed by atoms with Gasteiger partial charge < -0.3 is 4.74 Å². The Kier molecular flexibility index (Phi) is 6.10. The molecule has 1 aromatic rings. The molecule has 1 aromatic carbocycles. The van der Waals surface area contributed by atoms with Crippen molar-refractivity contribution in [2.45, 2.75) is 12.8 Å². The third-order valence-electron chi connectivity index (χ3n) is 2.61. The molecule has 0 unspecified atom stereocenters. The summed E-state index contributed by atoms with van der Waals surface area (Å²) in [5.74, 6) is 0.185. The number of nitrogens with zero attached hydrogens (tertiary/aromatic N) is 2. The molecule has 0 heterocycles. The van der Waals surface area contributed by atoms with Gasteiger partial charge in [0, 0.05) is 18.1 Å². The highest BCUT2D eigenvalue weighted by atomic mass is 79.9. The molecule has 0 saturated heterocycles. The quantitative estimate of drug-likeness (QED) is 0.412. The van der Waals surface area contributed by atoms with E-state index in [4.69, 9.17) is 10.00 Å². The van der Waals surface area contributed by atoms with Crippen LogP contribution in [0.1, 0.15) is 11.1 Å². The number of hydrogen-bond donors (Lipinski definition) is 0. The van der Waals surface area contributed by atoms with Gasteiger partial charge in [-0.1, -0.05) is 15.9 Å². The lowest BCUT2D eigenvalue weighted by molar-refractivity contribution is -0.385. The Morgan fingerprint density at radius 1 is 1.55 bits per heavy atom. The smallest absolute Gasteiger partial charge is 0.275 e. The van der Waals surface area contributed by atoms with Crippen LogP contribution in [0.25, 0.3) is 0 Å². The summed E-state index contributed by atoms with van der Waals surface area (Å²) in [5.41, 5.74) is 0.392. The summed E-state index contributed by atoms with van der Waals surface area (Å²) in [4.78, 5) is 22.2. The monoisotopic (exact) mass is 404 g/mol. The molecule has 0 spiro atoms. The number of nitro groups is 1. The predicted octanol–water partition coefficient (Wildman–Crippen LogP) is 2.94. The number of alkyl halides is 1. The molecule has 20 heavy (non-hydrogen) atoms. The average molecular weight is 406 g/mol. The largest absolute Gasteiger partial charge is 0.495 e. The van der Waals surface area contributed by atoms with Crippen LogP contribution in [0.4, 0.5) is 5.69 Å². The van der Waals surface area contributed by atoms with E-state index in [-0.39, 0.29) is 35.2 Å². The molecule has 0 radical (unpaired) electrons. The number of hydrogen-bond acceptors (Lipinski definition) is 5. The van der Waals surface area contributed by atoms with Gasteiger partial charge in [0.1, 0.15) is 11.5 Å². The molecule has 1 rings (SSSR count). The zero-order valence-electron chi connectivity index (χ0n) is 10.5. The minimum atomic E-state index is -0.570. The van der Waals surface area contributed by atoms with Crippen LogP contribution in [0.15, 0.2) is 10.5 Å². The first-order valence-corrected chi connectivity index (χ1v) is 7.34. The second-order valence-electron chi connectivity index (χ2n) is 3.81. The van der Waals surface area contributed by atoms with Crippen molar-refractivity contribution in [2.75, 3.05) is 12.4 Å². The maximum atomic E-state index is 11.6. The third kappa shape index (κ3) is 3.55. The summed E-state index contributed by atoms with van der Waals surface area (Å²) in [5, 5.41) is 20.1. The van der Waals surface area contributed by atoms with Gasteiger partial charge in [-0.05, 0) is 15.9 Å². The van der Waals surface area contributed by atoms with Crippen molar-refractivity contribution in [2.24, 2.45) is 0 Å². The zero-order chi connectivity index (χ0) is 15.3. The highest BCUT2D eigenvalue weighted by Crippen LogP contribution is 2.38. The lowest BCUT2D eigenvalue weighted by Crippen LogP contribution is -2.10. The van der Waals surface area contributed by atoms with Crippen LogP contribution >= 0.6 is 31.9 Å². The van der Waals surface area contributed by atoms with Crippen LogP contribution in [0.2, 0.25) is 0 Å². The SMILES string of the molecule is COc1c(Br)cc([N+](=O)[O-])c(CC#N)c1CC(=O)CBr. The predicted molar refractivity (Wildman–Crippen MR) is 79.2 cm³/mol. The summed E-state index contributed by atoms with van der Waals surface area (Å²) in [6, 6.07) is 3.17. The van der Waals surface area contributed by atoms with Crippen LogP contribution in [-0.2, 0) is 17.6 Å². The normalized spacial score (nSPS) is 9.90. The summed E-state index contributed by atoms with van der Waals surface area (Å²) >= 11 is 6.24. The van der Waals surface area contributed by atoms with Gasteiger partial charge in [0.15, 0.2) is 0 Å². The Morgan fingerprint density at radius 2 is 2.20 bits per heavy atom. The van der Waals surface area contributed by atoms with Crippen molar-refractivity contribution in [3.63, 3.8) is 0 Å². The Balaban J connectivity index is 3.58. The van der Waals surface area contributed by atoms with Crippen molar-refractivity contribution in [3.8, 4) is 11.8 Å². The second kappa shape index (κ2) is 7.36. The molecular weight excluding hydrogens is 396 g/mol. The number of rotatable bonds is 6. The molecule has 6 nitrogen and oxygen atoms in total. The molecular formula is C12H10Br2N2O4. The number of ether oxygens (including phenoxy) is 1. The number of halogens is 2. The highest BCUT2D eigenvalue weighted by Gasteiger charge is 2.25. The molecule has 0 atom stereocenters. The first-order chi connectivity index (χ1) is 9.46. The molecule has 0 N–H and O–H groups in total. The van der Waals surface area contributed by atoms with E-state index in [1.807, 2.05) is 6.07 Å². The van der Waals surface area contributed by atoms with Crippen molar-refractivity contribution < 1.29 is 14.5 Å². The lowest BCUT2D eigenvalue weighted by atomic mass is 9.97. The fraction of sp³-hybridized carbons (Fsp3) is 0.333. The maximum absolute atomic E-state index is 11.6. The average Bonchev–Trinajstić information content (AvgIpc) is 2.41. The Labute approximate surface area is 132 Å². The van der Waals surface area contributed by atoms with E-state index < -0.39 is 4.92 Å². The van der Waals surface area contributed by atoms with Gasteiger partial charge in [-0.3, -0.25) is 14.9 Å². The zero-order valence-corrected chi connectivity index (χ0v) is 13.7. The standard InChI is InChI=1S/C12H10Br2N2O4/c1-20-12-9(4-7(17)6-13)8(2-3-15)11(16(18)19)5-10(12)14/h5H,2,4,6H2,1H3. The minimum absolute atomic E-state index is 0.0360. The van der Waals surface area contributed by atoms with Crippen molar-refractivity contribution >= 4 is 43.3 Å².